The molecule has 2 aliphatic heterocycles. The number of halogens is 4. The van der Waals surface area contributed by atoms with Gasteiger partial charge in [-0.25, -0.2) is 4.39 Å². The molecular weight excluding hydrogens is 542 g/mol. The smallest absolute Gasteiger partial charge is 0.389 e. The number of amides is 1. The second-order valence-corrected chi connectivity index (χ2v) is 10.7. The van der Waals surface area contributed by atoms with E-state index in [-0.39, 0.29) is 46.8 Å². The highest BCUT2D eigenvalue weighted by Crippen LogP contribution is 2.43. The predicted molar refractivity (Wildman–Crippen MR) is 140 cm³/mol. The summed E-state index contributed by atoms with van der Waals surface area (Å²) in [7, 11) is 1.69. The van der Waals surface area contributed by atoms with Gasteiger partial charge in [-0.15, -0.1) is 0 Å². The summed E-state index contributed by atoms with van der Waals surface area (Å²) < 4.78 is 57.9. The number of aliphatic imine (C=N–C) groups is 1. The lowest BCUT2D eigenvalue weighted by Crippen LogP contribution is -2.32. The zero-order valence-electron chi connectivity index (χ0n) is 23.2. The Hall–Kier alpha value is -4.49. The van der Waals surface area contributed by atoms with E-state index < -0.39 is 40.7 Å². The quantitative estimate of drug-likeness (QED) is 0.524. The van der Waals surface area contributed by atoms with Gasteiger partial charge in [0.15, 0.2) is 5.69 Å². The zero-order chi connectivity index (χ0) is 30.6. The van der Waals surface area contributed by atoms with Crippen LogP contribution in [0, 0.1) is 35.4 Å². The average molecular weight is 570 g/mol. The van der Waals surface area contributed by atoms with E-state index in [1.807, 2.05) is 0 Å². The molecule has 2 aliphatic rings. The molecule has 1 aromatic heterocycles. The summed E-state index contributed by atoms with van der Waals surface area (Å²) in [5, 5.41) is 35.8. The number of amidine groups is 1. The topological polar surface area (TPSA) is 130 Å². The number of hydrogen-bond donors (Lipinski definition) is 2. The number of fused-ring (bicyclic) bond motifs is 1. The Labute approximate surface area is 233 Å². The third-order valence-corrected chi connectivity index (χ3v) is 7.28. The van der Waals surface area contributed by atoms with Crippen molar-refractivity contribution in [3.8, 4) is 12.1 Å². The SMILES string of the molecule is CC1=C(C#N)C(c2cc3c(c(C)c2F)CN=C3NC(=O)c2cn(CC(C)(C)O)nc2C(F)(F)F)C(C#N)=C(C)N1C. The number of aliphatic hydroxyl groups is 1. The fourth-order valence-electron chi connectivity index (χ4n) is 5.06. The van der Waals surface area contributed by atoms with Crippen molar-refractivity contribution in [2.45, 2.75) is 65.4 Å². The number of aromatic nitrogens is 2. The fourth-order valence-corrected chi connectivity index (χ4v) is 5.06. The van der Waals surface area contributed by atoms with Crippen molar-refractivity contribution in [1.82, 2.24) is 20.0 Å². The van der Waals surface area contributed by atoms with E-state index in [0.717, 1.165) is 10.9 Å². The molecule has 0 aliphatic carbocycles. The summed E-state index contributed by atoms with van der Waals surface area (Å²) in [5.41, 5.74) is -1.30. The fraction of sp³-hybridized carbons (Fsp3) is 0.393. The van der Waals surface area contributed by atoms with Crippen LogP contribution in [0.15, 0.2) is 39.8 Å². The number of alkyl halides is 3. The molecule has 9 nitrogen and oxygen atoms in total. The van der Waals surface area contributed by atoms with Gasteiger partial charge in [0.05, 0.1) is 53.5 Å². The Bertz CT molecular complexity index is 1610. The van der Waals surface area contributed by atoms with E-state index in [0.29, 0.717) is 17.0 Å². The number of nitrogens with zero attached hydrogens (tertiary/aromatic N) is 6. The van der Waals surface area contributed by atoms with Crippen molar-refractivity contribution < 1.29 is 27.5 Å². The van der Waals surface area contributed by atoms with Crippen molar-refractivity contribution >= 4 is 11.7 Å². The van der Waals surface area contributed by atoms with Crippen molar-refractivity contribution in [3.05, 3.63) is 74.1 Å². The number of hydrogen-bond acceptors (Lipinski definition) is 7. The van der Waals surface area contributed by atoms with Gasteiger partial charge < -0.3 is 15.3 Å². The molecule has 1 amide bonds. The Kier molecular flexibility index (Phi) is 7.31. The first-order valence-corrected chi connectivity index (χ1v) is 12.5. The van der Waals surface area contributed by atoms with Crippen LogP contribution in [0.3, 0.4) is 0 Å². The third-order valence-electron chi connectivity index (χ3n) is 7.28. The minimum atomic E-state index is -4.95. The van der Waals surface area contributed by atoms with Crippen molar-refractivity contribution in [3.63, 3.8) is 0 Å². The predicted octanol–water partition coefficient (Wildman–Crippen LogP) is 4.43. The summed E-state index contributed by atoms with van der Waals surface area (Å²) in [6.07, 6.45) is -4.06. The molecule has 0 saturated heterocycles. The lowest BCUT2D eigenvalue weighted by Gasteiger charge is -2.33. The molecular formula is C28H27F4N7O2. The van der Waals surface area contributed by atoms with Crippen LogP contribution in [0.4, 0.5) is 17.6 Å². The maximum atomic E-state index is 15.8. The highest BCUT2D eigenvalue weighted by Gasteiger charge is 2.40. The zero-order valence-corrected chi connectivity index (χ0v) is 23.2. The molecule has 214 valence electrons. The number of allylic oxidation sites excluding steroid dienone is 4. The van der Waals surface area contributed by atoms with Crippen LogP contribution in [0.2, 0.25) is 0 Å². The number of nitrogens with one attached hydrogen (secondary N) is 1. The molecule has 2 N–H and O–H groups in total. The Balaban J connectivity index is 1.78. The number of nitriles is 2. The summed E-state index contributed by atoms with van der Waals surface area (Å²) in [4.78, 5) is 19.0. The van der Waals surface area contributed by atoms with Gasteiger partial charge in [0.2, 0.25) is 0 Å². The first-order valence-electron chi connectivity index (χ1n) is 12.5. The molecule has 2 aromatic rings. The molecule has 0 saturated carbocycles. The van der Waals surface area contributed by atoms with E-state index in [4.69, 9.17) is 0 Å². The molecule has 0 unspecified atom stereocenters. The molecule has 41 heavy (non-hydrogen) atoms. The first-order chi connectivity index (χ1) is 19.0. The van der Waals surface area contributed by atoms with Crippen molar-refractivity contribution in [2.75, 3.05) is 7.05 Å². The van der Waals surface area contributed by atoms with Gasteiger partial charge in [-0.2, -0.15) is 28.8 Å². The normalized spacial score (nSPS) is 16.0. The Morgan fingerprint density at radius 2 is 1.76 bits per heavy atom. The number of carbonyl (C=O) groups excluding carboxylic acids is 1. The number of carbonyl (C=O) groups is 1. The van der Waals surface area contributed by atoms with E-state index in [9.17, 15) is 33.6 Å². The van der Waals surface area contributed by atoms with E-state index in [1.54, 1.807) is 25.8 Å². The molecule has 0 bridgehead atoms. The Morgan fingerprint density at radius 3 is 2.27 bits per heavy atom. The van der Waals surface area contributed by atoms with E-state index >= 15 is 4.39 Å². The van der Waals surface area contributed by atoms with Crippen LogP contribution in [0.5, 0.6) is 0 Å². The molecule has 1 aromatic carbocycles. The second-order valence-electron chi connectivity index (χ2n) is 10.7. The summed E-state index contributed by atoms with van der Waals surface area (Å²) in [6.45, 7) is 7.31. The van der Waals surface area contributed by atoms with Crippen LogP contribution >= 0.6 is 0 Å². The Morgan fingerprint density at radius 1 is 1.17 bits per heavy atom. The first kappa shape index (κ1) is 29.5. The number of benzene rings is 1. The minimum Gasteiger partial charge on any atom is -0.389 e. The lowest BCUT2D eigenvalue weighted by atomic mass is 9.79. The third kappa shape index (κ3) is 5.21. The van der Waals surface area contributed by atoms with Gasteiger partial charge in [0, 0.05) is 35.8 Å². The largest absolute Gasteiger partial charge is 0.435 e. The molecule has 3 heterocycles. The molecule has 13 heteroatoms. The summed E-state index contributed by atoms with van der Waals surface area (Å²) >= 11 is 0. The van der Waals surface area contributed by atoms with Crippen LogP contribution in [0.1, 0.15) is 71.9 Å². The monoisotopic (exact) mass is 569 g/mol. The maximum absolute atomic E-state index is 15.8. The minimum absolute atomic E-state index is 0.0129. The molecule has 0 radical (unpaired) electrons. The van der Waals surface area contributed by atoms with Gasteiger partial charge in [0.1, 0.15) is 11.7 Å². The van der Waals surface area contributed by atoms with Crippen molar-refractivity contribution in [1.29, 1.82) is 10.5 Å². The highest BCUT2D eigenvalue weighted by molar-refractivity contribution is 6.14. The average Bonchev–Trinajstić information content (AvgIpc) is 3.48. The van der Waals surface area contributed by atoms with Gasteiger partial charge in [-0.3, -0.25) is 14.5 Å². The van der Waals surface area contributed by atoms with Crippen LogP contribution in [-0.4, -0.2) is 44.2 Å². The van der Waals surface area contributed by atoms with Crippen LogP contribution < -0.4 is 5.32 Å². The van der Waals surface area contributed by atoms with Gasteiger partial charge >= 0.3 is 6.18 Å². The summed E-state index contributed by atoms with van der Waals surface area (Å²) in [6, 6.07) is 5.56. The van der Waals surface area contributed by atoms with Gasteiger partial charge in [0.25, 0.3) is 5.91 Å². The second kappa shape index (κ2) is 10.2. The van der Waals surface area contributed by atoms with Gasteiger partial charge in [-0.05, 0) is 51.8 Å². The lowest BCUT2D eigenvalue weighted by molar-refractivity contribution is -0.142. The highest BCUT2D eigenvalue weighted by atomic mass is 19.4. The number of rotatable bonds is 4. The summed E-state index contributed by atoms with van der Waals surface area (Å²) in [5.74, 6) is -2.89. The standard InChI is InChI=1S/C28H27F4N7O2/c1-13-20-10-35-25(36-26(40)21-11-39(12-27(4,5)41)37-24(21)28(30,31)32)16(20)7-17(23(13)29)22-18(8-33)14(2)38(6)15(3)19(22)9-34/h7,11,22,41H,10,12H2,1-6H3,(H,35,36,40). The molecule has 4 rings (SSSR count). The van der Waals surface area contributed by atoms with E-state index in [1.165, 1.54) is 26.8 Å². The van der Waals surface area contributed by atoms with Crippen molar-refractivity contribution in [2.24, 2.45) is 4.99 Å². The maximum Gasteiger partial charge on any atom is 0.435 e. The van der Waals surface area contributed by atoms with Crippen LogP contribution in [-0.2, 0) is 19.3 Å². The van der Waals surface area contributed by atoms with E-state index in [2.05, 4.69) is 27.5 Å². The van der Waals surface area contributed by atoms with Crippen LogP contribution in [0.25, 0.3) is 0 Å². The molecule has 0 fully saturated rings. The van der Waals surface area contributed by atoms with Gasteiger partial charge in [-0.1, -0.05) is 0 Å². The molecule has 0 atom stereocenters. The molecule has 0 spiro atoms.